The highest BCUT2D eigenvalue weighted by atomic mass is 16.5. The Morgan fingerprint density at radius 2 is 1.91 bits per heavy atom. The van der Waals surface area contributed by atoms with Crippen LogP contribution in [-0.2, 0) is 0 Å². The summed E-state index contributed by atoms with van der Waals surface area (Å²) in [5.74, 6) is 1.34. The summed E-state index contributed by atoms with van der Waals surface area (Å²) >= 11 is 0. The van der Waals surface area contributed by atoms with E-state index in [-0.39, 0.29) is 11.8 Å². The van der Waals surface area contributed by atoms with Gasteiger partial charge in [0.05, 0.1) is 22.7 Å². The molecule has 0 aliphatic carbocycles. The minimum Gasteiger partial charge on any atom is -0.339 e. The summed E-state index contributed by atoms with van der Waals surface area (Å²) in [7, 11) is 0. The van der Waals surface area contributed by atoms with Crippen LogP contribution in [0.5, 0.6) is 0 Å². The third-order valence-electron chi connectivity index (χ3n) is 6.21. The maximum atomic E-state index is 13.7. The molecule has 1 aliphatic heterocycles. The number of likely N-dealkylation sites (tertiary alicyclic amines) is 1. The summed E-state index contributed by atoms with van der Waals surface area (Å²) < 4.78 is 5.40. The first-order valence-corrected chi connectivity index (χ1v) is 11.1. The summed E-state index contributed by atoms with van der Waals surface area (Å²) in [4.78, 5) is 24.9. The predicted octanol–water partition coefficient (Wildman–Crippen LogP) is 5.23. The Morgan fingerprint density at radius 1 is 1.06 bits per heavy atom. The van der Waals surface area contributed by atoms with Gasteiger partial charge in [-0.2, -0.15) is 4.98 Å². The van der Waals surface area contributed by atoms with E-state index in [0.717, 1.165) is 47.1 Å². The van der Waals surface area contributed by atoms with Gasteiger partial charge in [-0.3, -0.25) is 4.79 Å². The number of carbonyl (C=O) groups excluding carboxylic acids is 1. The van der Waals surface area contributed by atoms with E-state index in [0.29, 0.717) is 23.8 Å². The fraction of sp³-hybridized carbons (Fsp3) is 0.308. The monoisotopic (exact) mass is 426 g/mol. The number of rotatable bonds is 3. The number of benzene rings is 2. The second-order valence-corrected chi connectivity index (χ2v) is 8.66. The highest BCUT2D eigenvalue weighted by molar-refractivity contribution is 6.07. The van der Waals surface area contributed by atoms with Gasteiger partial charge in [0.15, 0.2) is 5.82 Å². The number of aromatic nitrogens is 3. The van der Waals surface area contributed by atoms with Crippen molar-refractivity contribution in [2.24, 2.45) is 0 Å². The molecule has 0 bridgehead atoms. The Morgan fingerprint density at radius 3 is 2.69 bits per heavy atom. The van der Waals surface area contributed by atoms with Gasteiger partial charge in [-0.15, -0.1) is 0 Å². The standard InChI is InChI=1S/C26H26N4O2/c1-16-10-11-20(17(2)13-16)24-14-22(21-8-4-5-9-23(21)28-24)26(31)30-12-6-7-19(15-30)25-27-18(3)29-32-25/h4-5,8-11,13-14,19H,6-7,12,15H2,1-3H3. The first kappa shape index (κ1) is 20.4. The van der Waals surface area contributed by atoms with E-state index in [1.807, 2.05) is 42.2 Å². The summed E-state index contributed by atoms with van der Waals surface area (Å²) in [6.45, 7) is 7.28. The van der Waals surface area contributed by atoms with Gasteiger partial charge in [-0.1, -0.05) is 47.1 Å². The van der Waals surface area contributed by atoms with E-state index >= 15 is 0 Å². The molecule has 0 N–H and O–H groups in total. The van der Waals surface area contributed by atoms with Crippen molar-refractivity contribution in [3.05, 3.63) is 76.9 Å². The lowest BCUT2D eigenvalue weighted by Crippen LogP contribution is -2.39. The van der Waals surface area contributed by atoms with Crippen LogP contribution in [0.1, 0.15) is 52.0 Å². The van der Waals surface area contributed by atoms with E-state index in [4.69, 9.17) is 9.51 Å². The zero-order valence-electron chi connectivity index (χ0n) is 18.6. The molecule has 0 spiro atoms. The Balaban J connectivity index is 1.54. The molecule has 6 heteroatoms. The van der Waals surface area contributed by atoms with Gasteiger partial charge in [-0.25, -0.2) is 4.98 Å². The Bertz CT molecular complexity index is 1310. The normalized spacial score (nSPS) is 16.5. The van der Waals surface area contributed by atoms with Gasteiger partial charge < -0.3 is 9.42 Å². The molecule has 1 amide bonds. The molecule has 1 atom stereocenters. The average molecular weight is 427 g/mol. The maximum Gasteiger partial charge on any atom is 0.254 e. The molecule has 0 saturated carbocycles. The molecule has 0 radical (unpaired) electrons. The van der Waals surface area contributed by atoms with E-state index in [1.165, 1.54) is 5.56 Å². The van der Waals surface area contributed by atoms with Crippen LogP contribution in [0, 0.1) is 20.8 Å². The lowest BCUT2D eigenvalue weighted by Gasteiger charge is -2.31. The number of fused-ring (bicyclic) bond motifs is 1. The molecule has 1 saturated heterocycles. The second-order valence-electron chi connectivity index (χ2n) is 8.66. The fourth-order valence-electron chi connectivity index (χ4n) is 4.60. The molecule has 5 rings (SSSR count). The zero-order chi connectivity index (χ0) is 22.2. The van der Waals surface area contributed by atoms with Crippen molar-refractivity contribution in [1.29, 1.82) is 0 Å². The second kappa shape index (κ2) is 8.19. The molecule has 32 heavy (non-hydrogen) atoms. The van der Waals surface area contributed by atoms with Crippen LogP contribution in [0.3, 0.4) is 0 Å². The molecule has 2 aromatic heterocycles. The molecule has 2 aromatic carbocycles. The number of hydrogen-bond donors (Lipinski definition) is 0. The molecule has 3 heterocycles. The van der Waals surface area contributed by atoms with Crippen molar-refractivity contribution in [1.82, 2.24) is 20.0 Å². The summed E-state index contributed by atoms with van der Waals surface area (Å²) in [5, 5.41) is 4.80. The lowest BCUT2D eigenvalue weighted by atomic mass is 9.95. The molecule has 1 fully saturated rings. The van der Waals surface area contributed by atoms with Crippen LogP contribution >= 0.6 is 0 Å². The summed E-state index contributed by atoms with van der Waals surface area (Å²) in [5.41, 5.74) is 5.75. The van der Waals surface area contributed by atoms with Gasteiger partial charge >= 0.3 is 0 Å². The lowest BCUT2D eigenvalue weighted by molar-refractivity contribution is 0.0697. The van der Waals surface area contributed by atoms with E-state index in [2.05, 4.69) is 42.2 Å². The van der Waals surface area contributed by atoms with Gasteiger partial charge in [0.25, 0.3) is 5.91 Å². The van der Waals surface area contributed by atoms with Gasteiger partial charge in [0.1, 0.15) is 0 Å². The van der Waals surface area contributed by atoms with Crippen LogP contribution in [0.25, 0.3) is 22.2 Å². The number of carbonyl (C=O) groups is 1. The Kier molecular flexibility index (Phi) is 5.21. The number of hydrogen-bond acceptors (Lipinski definition) is 5. The van der Waals surface area contributed by atoms with Gasteiger partial charge in [0.2, 0.25) is 5.89 Å². The van der Waals surface area contributed by atoms with Crippen molar-refractivity contribution < 1.29 is 9.32 Å². The largest absolute Gasteiger partial charge is 0.339 e. The molecule has 162 valence electrons. The molecular formula is C26H26N4O2. The van der Waals surface area contributed by atoms with Gasteiger partial charge in [0, 0.05) is 24.0 Å². The Labute approximate surface area is 187 Å². The molecule has 1 unspecified atom stereocenters. The van der Waals surface area contributed by atoms with Crippen molar-refractivity contribution in [3.8, 4) is 11.3 Å². The van der Waals surface area contributed by atoms with Crippen molar-refractivity contribution in [2.75, 3.05) is 13.1 Å². The third-order valence-corrected chi connectivity index (χ3v) is 6.21. The smallest absolute Gasteiger partial charge is 0.254 e. The highest BCUT2D eigenvalue weighted by Crippen LogP contribution is 2.31. The Hall–Kier alpha value is -3.54. The van der Waals surface area contributed by atoms with Crippen LogP contribution in [-0.4, -0.2) is 39.0 Å². The predicted molar refractivity (Wildman–Crippen MR) is 124 cm³/mol. The van der Waals surface area contributed by atoms with Crippen molar-refractivity contribution >= 4 is 16.8 Å². The van der Waals surface area contributed by atoms with Crippen LogP contribution < -0.4 is 0 Å². The number of aryl methyl sites for hydroxylation is 3. The summed E-state index contributed by atoms with van der Waals surface area (Å²) in [6.07, 6.45) is 1.85. The van der Waals surface area contributed by atoms with Crippen molar-refractivity contribution in [3.63, 3.8) is 0 Å². The number of para-hydroxylation sites is 1. The highest BCUT2D eigenvalue weighted by Gasteiger charge is 2.30. The first-order chi connectivity index (χ1) is 15.5. The minimum atomic E-state index is 0.0237. The van der Waals surface area contributed by atoms with Gasteiger partial charge in [-0.05, 0) is 51.3 Å². The first-order valence-electron chi connectivity index (χ1n) is 11.1. The number of nitrogens with zero attached hydrogens (tertiary/aromatic N) is 4. The molecule has 6 nitrogen and oxygen atoms in total. The molecular weight excluding hydrogens is 400 g/mol. The van der Waals surface area contributed by atoms with Crippen LogP contribution in [0.4, 0.5) is 0 Å². The zero-order valence-corrected chi connectivity index (χ0v) is 18.6. The van der Waals surface area contributed by atoms with E-state index in [1.54, 1.807) is 0 Å². The number of amides is 1. The maximum absolute atomic E-state index is 13.7. The minimum absolute atomic E-state index is 0.0237. The fourth-order valence-corrected chi connectivity index (χ4v) is 4.60. The topological polar surface area (TPSA) is 72.1 Å². The van der Waals surface area contributed by atoms with Crippen LogP contribution in [0.2, 0.25) is 0 Å². The molecule has 1 aliphatic rings. The van der Waals surface area contributed by atoms with E-state index < -0.39 is 0 Å². The van der Waals surface area contributed by atoms with Crippen LogP contribution in [0.15, 0.2) is 53.1 Å². The SMILES string of the molecule is Cc1ccc(-c2cc(C(=O)N3CCCC(c4nc(C)no4)C3)c3ccccc3n2)c(C)c1. The number of piperidine rings is 1. The average Bonchev–Trinajstić information content (AvgIpc) is 3.24. The third kappa shape index (κ3) is 3.77. The molecule has 4 aromatic rings. The summed E-state index contributed by atoms with van der Waals surface area (Å²) in [6, 6.07) is 16.1. The van der Waals surface area contributed by atoms with Crippen molar-refractivity contribution in [2.45, 2.75) is 39.5 Å². The van der Waals surface area contributed by atoms with E-state index in [9.17, 15) is 4.79 Å². The quantitative estimate of drug-likeness (QED) is 0.449. The number of pyridine rings is 1.